The van der Waals surface area contributed by atoms with Gasteiger partial charge in [-0.25, -0.2) is 0 Å². The molecular formula is C15H28N2O2. The maximum atomic E-state index is 12.2. The Balaban J connectivity index is 2.34. The third-order valence-electron chi connectivity index (χ3n) is 5.10. The van der Waals surface area contributed by atoms with Crippen LogP contribution in [0.1, 0.15) is 40.0 Å². The van der Waals surface area contributed by atoms with Gasteiger partial charge in [0.1, 0.15) is 5.54 Å². The number of hydrogen-bond donors (Lipinski definition) is 2. The van der Waals surface area contributed by atoms with Crippen molar-refractivity contribution in [3.8, 4) is 0 Å². The summed E-state index contributed by atoms with van der Waals surface area (Å²) in [6.07, 6.45) is 3.03. The van der Waals surface area contributed by atoms with Gasteiger partial charge in [0.2, 0.25) is 0 Å². The maximum Gasteiger partial charge on any atom is 0.324 e. The lowest BCUT2D eigenvalue weighted by Crippen LogP contribution is -2.66. The zero-order chi connectivity index (χ0) is 14.0. The summed E-state index contributed by atoms with van der Waals surface area (Å²) in [4.78, 5) is 14.4. The van der Waals surface area contributed by atoms with Gasteiger partial charge >= 0.3 is 5.97 Å². The molecule has 0 aromatic heterocycles. The van der Waals surface area contributed by atoms with Gasteiger partial charge in [-0.2, -0.15) is 0 Å². The van der Waals surface area contributed by atoms with Gasteiger partial charge in [0.15, 0.2) is 0 Å². The van der Waals surface area contributed by atoms with Crippen LogP contribution >= 0.6 is 0 Å². The highest BCUT2D eigenvalue weighted by Gasteiger charge is 2.53. The molecule has 1 aliphatic carbocycles. The third-order valence-corrected chi connectivity index (χ3v) is 5.10. The highest BCUT2D eigenvalue weighted by atomic mass is 16.4. The van der Waals surface area contributed by atoms with Gasteiger partial charge in [-0.05, 0) is 30.6 Å². The number of hydrogen-bond acceptors (Lipinski definition) is 3. The Morgan fingerprint density at radius 1 is 1.32 bits per heavy atom. The molecule has 1 saturated carbocycles. The van der Waals surface area contributed by atoms with Gasteiger partial charge < -0.3 is 10.4 Å². The zero-order valence-corrected chi connectivity index (χ0v) is 12.5. The highest BCUT2D eigenvalue weighted by molar-refractivity contribution is 5.79. The first-order valence-electron chi connectivity index (χ1n) is 7.67. The van der Waals surface area contributed by atoms with Crippen molar-refractivity contribution < 1.29 is 9.90 Å². The molecule has 3 atom stereocenters. The van der Waals surface area contributed by atoms with Crippen LogP contribution in [0.15, 0.2) is 0 Å². The van der Waals surface area contributed by atoms with E-state index in [-0.39, 0.29) is 5.92 Å². The third kappa shape index (κ3) is 2.65. The molecule has 1 aliphatic heterocycles. The summed E-state index contributed by atoms with van der Waals surface area (Å²) >= 11 is 0. The van der Waals surface area contributed by atoms with Gasteiger partial charge in [-0.3, -0.25) is 9.69 Å². The van der Waals surface area contributed by atoms with Crippen molar-refractivity contribution in [1.29, 1.82) is 0 Å². The lowest BCUT2D eigenvalue weighted by atomic mass is 9.64. The molecule has 4 nitrogen and oxygen atoms in total. The van der Waals surface area contributed by atoms with Gasteiger partial charge in [0.05, 0.1) is 0 Å². The Morgan fingerprint density at radius 3 is 2.47 bits per heavy atom. The number of nitrogens with one attached hydrogen (secondary N) is 1. The normalized spacial score (nSPS) is 37.5. The Labute approximate surface area is 116 Å². The molecule has 0 bridgehead atoms. The van der Waals surface area contributed by atoms with Crippen LogP contribution in [0, 0.1) is 17.8 Å². The molecule has 0 aromatic carbocycles. The summed E-state index contributed by atoms with van der Waals surface area (Å²) in [6, 6.07) is 0. The Bertz CT molecular complexity index is 326. The van der Waals surface area contributed by atoms with Crippen LogP contribution in [0.2, 0.25) is 0 Å². The van der Waals surface area contributed by atoms with Crippen LogP contribution in [0.5, 0.6) is 0 Å². The van der Waals surface area contributed by atoms with Crippen LogP contribution in [0.25, 0.3) is 0 Å². The van der Waals surface area contributed by atoms with Crippen molar-refractivity contribution in [2.24, 2.45) is 17.8 Å². The van der Waals surface area contributed by atoms with Crippen molar-refractivity contribution in [3.63, 3.8) is 0 Å². The summed E-state index contributed by atoms with van der Waals surface area (Å²) in [5.41, 5.74) is -0.631. The van der Waals surface area contributed by atoms with E-state index in [1.165, 1.54) is 6.42 Å². The first-order valence-corrected chi connectivity index (χ1v) is 7.67. The van der Waals surface area contributed by atoms with E-state index in [0.717, 1.165) is 39.0 Å². The lowest BCUT2D eigenvalue weighted by Gasteiger charge is -2.52. The number of piperazine rings is 1. The second kappa shape index (κ2) is 5.80. The number of carbonyl (C=O) groups is 1. The molecule has 2 aliphatic rings. The van der Waals surface area contributed by atoms with Gasteiger partial charge in [-0.15, -0.1) is 0 Å². The minimum atomic E-state index is -0.631. The van der Waals surface area contributed by atoms with Crippen LogP contribution in [-0.4, -0.2) is 47.7 Å². The smallest absolute Gasteiger partial charge is 0.324 e. The number of carboxylic acid groups (broad SMARTS) is 1. The SMILES string of the molecule is CC1CCC(C(C)C)C(C(=O)O)(N2CCNCC2)C1. The topological polar surface area (TPSA) is 52.6 Å². The molecule has 2 fully saturated rings. The van der Waals surface area contributed by atoms with Gasteiger partial charge in [0.25, 0.3) is 0 Å². The van der Waals surface area contributed by atoms with E-state index in [4.69, 9.17) is 0 Å². The molecule has 110 valence electrons. The molecule has 1 saturated heterocycles. The summed E-state index contributed by atoms with van der Waals surface area (Å²) < 4.78 is 0. The first-order chi connectivity index (χ1) is 8.98. The molecule has 1 heterocycles. The van der Waals surface area contributed by atoms with Crippen LogP contribution in [0.3, 0.4) is 0 Å². The minimum Gasteiger partial charge on any atom is -0.480 e. The average molecular weight is 268 g/mol. The Hall–Kier alpha value is -0.610. The molecule has 0 amide bonds. The van der Waals surface area contributed by atoms with Crippen molar-refractivity contribution in [3.05, 3.63) is 0 Å². The van der Waals surface area contributed by atoms with Gasteiger partial charge in [-0.1, -0.05) is 27.2 Å². The average Bonchev–Trinajstić information content (AvgIpc) is 2.38. The van der Waals surface area contributed by atoms with Gasteiger partial charge in [0, 0.05) is 26.2 Å². The lowest BCUT2D eigenvalue weighted by molar-refractivity contribution is -0.164. The fraction of sp³-hybridized carbons (Fsp3) is 0.933. The van der Waals surface area contributed by atoms with E-state index >= 15 is 0 Å². The first kappa shape index (κ1) is 14.8. The van der Waals surface area contributed by atoms with Crippen molar-refractivity contribution in [2.45, 2.75) is 45.6 Å². The van der Waals surface area contributed by atoms with Crippen molar-refractivity contribution in [1.82, 2.24) is 10.2 Å². The summed E-state index contributed by atoms with van der Waals surface area (Å²) in [7, 11) is 0. The van der Waals surface area contributed by atoms with Crippen LogP contribution in [-0.2, 0) is 4.79 Å². The van der Waals surface area contributed by atoms with E-state index in [1.54, 1.807) is 0 Å². The summed E-state index contributed by atoms with van der Waals surface area (Å²) in [5, 5.41) is 13.3. The molecule has 4 heteroatoms. The monoisotopic (exact) mass is 268 g/mol. The summed E-state index contributed by atoms with van der Waals surface area (Å²) in [5.74, 6) is 0.624. The number of nitrogens with zero attached hydrogens (tertiary/aromatic N) is 1. The molecule has 2 N–H and O–H groups in total. The van der Waals surface area contributed by atoms with E-state index < -0.39 is 11.5 Å². The molecular weight excluding hydrogens is 240 g/mol. The van der Waals surface area contributed by atoms with E-state index in [9.17, 15) is 9.90 Å². The Morgan fingerprint density at radius 2 is 1.95 bits per heavy atom. The van der Waals surface area contributed by atoms with Crippen LogP contribution in [0.4, 0.5) is 0 Å². The molecule has 3 unspecified atom stereocenters. The maximum absolute atomic E-state index is 12.2. The number of rotatable bonds is 3. The van der Waals surface area contributed by atoms with E-state index in [0.29, 0.717) is 11.8 Å². The summed E-state index contributed by atoms with van der Waals surface area (Å²) in [6.45, 7) is 10.1. The predicted molar refractivity (Wildman–Crippen MR) is 76.2 cm³/mol. The zero-order valence-electron chi connectivity index (χ0n) is 12.5. The molecule has 19 heavy (non-hydrogen) atoms. The number of aliphatic carboxylic acids is 1. The highest BCUT2D eigenvalue weighted by Crippen LogP contribution is 2.45. The van der Waals surface area contributed by atoms with Crippen LogP contribution < -0.4 is 5.32 Å². The quantitative estimate of drug-likeness (QED) is 0.819. The largest absolute Gasteiger partial charge is 0.480 e. The minimum absolute atomic E-state index is 0.277. The standard InChI is InChI=1S/C15H28N2O2/c1-11(2)13-5-4-12(3)10-15(13,14(18)19)17-8-6-16-7-9-17/h11-13,16H,4-10H2,1-3H3,(H,18,19). The predicted octanol–water partition coefficient (Wildman–Crippen LogP) is 1.81. The Kier molecular flexibility index (Phi) is 4.51. The molecule has 0 radical (unpaired) electrons. The fourth-order valence-electron chi connectivity index (χ4n) is 4.18. The van der Waals surface area contributed by atoms with E-state index in [1.807, 2.05) is 0 Å². The molecule has 2 rings (SSSR count). The molecule has 0 aromatic rings. The second-order valence-electron chi connectivity index (χ2n) is 6.70. The molecule has 0 spiro atoms. The fourth-order valence-corrected chi connectivity index (χ4v) is 4.18. The second-order valence-corrected chi connectivity index (χ2v) is 6.70. The van der Waals surface area contributed by atoms with Crippen molar-refractivity contribution >= 4 is 5.97 Å². The van der Waals surface area contributed by atoms with Crippen molar-refractivity contribution in [2.75, 3.05) is 26.2 Å². The number of carboxylic acids is 1. The van der Waals surface area contributed by atoms with E-state index in [2.05, 4.69) is 31.0 Å².